The Bertz CT molecular complexity index is 399. The van der Waals surface area contributed by atoms with E-state index in [0.717, 1.165) is 0 Å². The van der Waals surface area contributed by atoms with E-state index in [1.165, 1.54) is 18.2 Å². The average molecular weight is 250 g/mol. The van der Waals surface area contributed by atoms with Gasteiger partial charge in [0.15, 0.2) is 0 Å². The summed E-state index contributed by atoms with van der Waals surface area (Å²) in [6.45, 7) is 0.297. The molecule has 3 nitrogen and oxygen atoms in total. The molecule has 1 heterocycles. The lowest BCUT2D eigenvalue weighted by atomic mass is 10.1. The van der Waals surface area contributed by atoms with Crippen LogP contribution in [0.25, 0.3) is 0 Å². The van der Waals surface area contributed by atoms with Crippen LogP contribution < -0.4 is 0 Å². The van der Waals surface area contributed by atoms with Crippen LogP contribution in [0.15, 0.2) is 18.2 Å². The molecule has 0 saturated carbocycles. The van der Waals surface area contributed by atoms with Crippen LogP contribution in [0.1, 0.15) is 18.1 Å². The molecule has 0 radical (unpaired) electrons. The first kappa shape index (κ1) is 11.0. The zero-order valence-electron chi connectivity index (χ0n) is 7.65. The molecule has 0 N–H and O–H groups in total. The van der Waals surface area contributed by atoms with Crippen molar-refractivity contribution in [3.05, 3.63) is 34.6 Å². The van der Waals surface area contributed by atoms with E-state index in [1.54, 1.807) is 0 Å². The van der Waals surface area contributed by atoms with Gasteiger partial charge in [0.05, 0.1) is 0 Å². The maximum absolute atomic E-state index is 13.4. The average Bonchev–Trinajstić information content (AvgIpc) is 2.22. The molecule has 1 aromatic carbocycles. The van der Waals surface area contributed by atoms with E-state index in [9.17, 15) is 8.96 Å². The van der Waals surface area contributed by atoms with Gasteiger partial charge in [-0.15, -0.1) is 9.05 Å². The van der Waals surface area contributed by atoms with Crippen molar-refractivity contribution < 1.29 is 18.0 Å². The fraction of sp³-hybridized carbons (Fsp3) is 0.333. The second-order valence-electron chi connectivity index (χ2n) is 3.11. The van der Waals surface area contributed by atoms with Gasteiger partial charge in [0, 0.05) is 21.6 Å². The summed E-state index contributed by atoms with van der Waals surface area (Å²) in [7, 11) is -2.14. The number of hydrogen-bond donors (Lipinski definition) is 0. The standard InChI is InChI=1S/C9H8ClFO3P/c10-6-1-2-8(11)7(5-6)9-3-4-13-15(12)14-9/h1-2,5,9H,3-4H2/q+1/t9-/m1/s1. The molecule has 0 bridgehead atoms. The Morgan fingerprint density at radius 3 is 3.07 bits per heavy atom. The molecule has 0 aliphatic carbocycles. The maximum Gasteiger partial charge on any atom is 0.698 e. The molecule has 1 aliphatic heterocycles. The third-order valence-corrected chi connectivity index (χ3v) is 3.15. The Kier molecular flexibility index (Phi) is 3.32. The van der Waals surface area contributed by atoms with Crippen LogP contribution in [0.3, 0.4) is 0 Å². The van der Waals surface area contributed by atoms with Gasteiger partial charge >= 0.3 is 8.25 Å². The first-order valence-electron chi connectivity index (χ1n) is 4.39. The first-order chi connectivity index (χ1) is 7.16. The second kappa shape index (κ2) is 4.54. The Hall–Kier alpha value is -0.540. The minimum Gasteiger partial charge on any atom is -0.207 e. The van der Waals surface area contributed by atoms with Gasteiger partial charge in [0.2, 0.25) is 0 Å². The Morgan fingerprint density at radius 1 is 1.53 bits per heavy atom. The van der Waals surface area contributed by atoms with Crippen molar-refractivity contribution in [2.24, 2.45) is 0 Å². The van der Waals surface area contributed by atoms with Crippen LogP contribution in [-0.4, -0.2) is 6.61 Å². The summed E-state index contributed by atoms with van der Waals surface area (Å²) in [5.74, 6) is -0.408. The predicted molar refractivity (Wildman–Crippen MR) is 53.4 cm³/mol. The van der Waals surface area contributed by atoms with E-state index >= 15 is 0 Å². The third-order valence-electron chi connectivity index (χ3n) is 2.09. The summed E-state index contributed by atoms with van der Waals surface area (Å²) < 4.78 is 34.1. The molecular weight excluding hydrogens is 242 g/mol. The van der Waals surface area contributed by atoms with Crippen molar-refractivity contribution in [1.82, 2.24) is 0 Å². The van der Waals surface area contributed by atoms with Gasteiger partial charge in [-0.25, -0.2) is 4.39 Å². The van der Waals surface area contributed by atoms with E-state index in [-0.39, 0.29) is 0 Å². The van der Waals surface area contributed by atoms with E-state index in [4.69, 9.17) is 20.6 Å². The molecule has 15 heavy (non-hydrogen) atoms. The predicted octanol–water partition coefficient (Wildman–Crippen LogP) is 3.61. The van der Waals surface area contributed by atoms with E-state index in [0.29, 0.717) is 23.6 Å². The van der Waals surface area contributed by atoms with Gasteiger partial charge in [-0.2, -0.15) is 0 Å². The molecule has 1 aliphatic rings. The highest BCUT2D eigenvalue weighted by Gasteiger charge is 2.35. The van der Waals surface area contributed by atoms with Crippen LogP contribution in [0.5, 0.6) is 0 Å². The minimum absolute atomic E-state index is 0.297. The largest absolute Gasteiger partial charge is 0.698 e. The molecule has 2 rings (SSSR count). The molecule has 1 aromatic rings. The summed E-state index contributed by atoms with van der Waals surface area (Å²) in [6.07, 6.45) is -0.0701. The van der Waals surface area contributed by atoms with Crippen molar-refractivity contribution in [3.8, 4) is 0 Å². The molecule has 0 amide bonds. The van der Waals surface area contributed by atoms with E-state index in [2.05, 4.69) is 0 Å². The normalized spacial score (nSPS) is 24.1. The zero-order valence-corrected chi connectivity index (χ0v) is 9.30. The monoisotopic (exact) mass is 249 g/mol. The lowest BCUT2D eigenvalue weighted by molar-refractivity contribution is 0.0945. The summed E-state index contributed by atoms with van der Waals surface area (Å²) in [6, 6.07) is 4.21. The summed E-state index contributed by atoms with van der Waals surface area (Å²) >= 11 is 5.75. The molecule has 2 atom stereocenters. The quantitative estimate of drug-likeness (QED) is 0.713. The molecular formula is C9H8ClFO3P+. The molecule has 1 fully saturated rings. The number of benzene rings is 1. The summed E-state index contributed by atoms with van der Waals surface area (Å²) in [5.41, 5.74) is 0.328. The number of halogens is 2. The van der Waals surface area contributed by atoms with Crippen molar-refractivity contribution >= 4 is 19.9 Å². The first-order valence-corrected chi connectivity index (χ1v) is 5.86. The molecule has 6 heteroatoms. The highest BCUT2D eigenvalue weighted by molar-refractivity contribution is 7.33. The number of rotatable bonds is 1. The lowest BCUT2D eigenvalue weighted by Gasteiger charge is -2.14. The van der Waals surface area contributed by atoms with Gasteiger partial charge in [0.1, 0.15) is 18.5 Å². The van der Waals surface area contributed by atoms with Gasteiger partial charge in [-0.05, 0) is 18.2 Å². The SMILES string of the molecule is O=[P+]1OCC[C@H](c2cc(Cl)ccc2F)O1. The fourth-order valence-corrected chi connectivity index (χ4v) is 2.32. The maximum atomic E-state index is 13.4. The molecule has 1 saturated heterocycles. The van der Waals surface area contributed by atoms with E-state index in [1.807, 2.05) is 0 Å². The zero-order chi connectivity index (χ0) is 10.8. The van der Waals surface area contributed by atoms with Gasteiger partial charge in [0.25, 0.3) is 0 Å². The Balaban J connectivity index is 2.27. The van der Waals surface area contributed by atoms with Crippen molar-refractivity contribution in [2.45, 2.75) is 12.5 Å². The molecule has 80 valence electrons. The van der Waals surface area contributed by atoms with Crippen LogP contribution in [0.2, 0.25) is 5.02 Å². The Labute approximate surface area is 92.1 Å². The van der Waals surface area contributed by atoms with Crippen LogP contribution in [0, 0.1) is 5.82 Å². The second-order valence-corrected chi connectivity index (χ2v) is 4.46. The highest BCUT2D eigenvalue weighted by Crippen LogP contribution is 2.41. The van der Waals surface area contributed by atoms with Gasteiger partial charge in [-0.3, -0.25) is 0 Å². The molecule has 1 unspecified atom stereocenters. The highest BCUT2D eigenvalue weighted by atomic mass is 35.5. The summed E-state index contributed by atoms with van der Waals surface area (Å²) in [4.78, 5) is 0. The summed E-state index contributed by atoms with van der Waals surface area (Å²) in [5, 5.41) is 0.428. The van der Waals surface area contributed by atoms with Crippen LogP contribution in [0.4, 0.5) is 4.39 Å². The van der Waals surface area contributed by atoms with Crippen molar-refractivity contribution in [3.63, 3.8) is 0 Å². The smallest absolute Gasteiger partial charge is 0.207 e. The van der Waals surface area contributed by atoms with Crippen LogP contribution in [-0.2, 0) is 13.6 Å². The topological polar surface area (TPSA) is 35.5 Å². The molecule has 0 aromatic heterocycles. The third kappa shape index (κ3) is 2.52. The van der Waals surface area contributed by atoms with Gasteiger partial charge in [-0.1, -0.05) is 11.6 Å². The van der Waals surface area contributed by atoms with Gasteiger partial charge < -0.3 is 0 Å². The molecule has 0 spiro atoms. The lowest BCUT2D eigenvalue weighted by Crippen LogP contribution is -2.10. The van der Waals surface area contributed by atoms with Crippen molar-refractivity contribution in [1.29, 1.82) is 0 Å². The van der Waals surface area contributed by atoms with Crippen molar-refractivity contribution in [2.75, 3.05) is 6.61 Å². The minimum atomic E-state index is -2.14. The van der Waals surface area contributed by atoms with E-state index < -0.39 is 20.2 Å². The van der Waals surface area contributed by atoms with Crippen LogP contribution >= 0.6 is 19.9 Å². The fourth-order valence-electron chi connectivity index (χ4n) is 1.39. The Morgan fingerprint density at radius 2 is 2.33 bits per heavy atom. The number of hydrogen-bond acceptors (Lipinski definition) is 3.